The molecule has 7 nitrogen and oxygen atoms in total. The van der Waals surface area contributed by atoms with Crippen LogP contribution in [0.5, 0.6) is 0 Å². The van der Waals surface area contributed by atoms with Crippen molar-refractivity contribution >= 4 is 28.7 Å². The minimum absolute atomic E-state index is 0.102. The van der Waals surface area contributed by atoms with Crippen LogP contribution >= 0.6 is 0 Å². The molecule has 0 aliphatic carbocycles. The van der Waals surface area contributed by atoms with Crippen molar-refractivity contribution in [3.05, 3.63) is 83.7 Å². The predicted octanol–water partition coefficient (Wildman–Crippen LogP) is 8.39. The number of urea groups is 1. The fraction of sp³-hybridized carbons (Fsp3) is 0.417. The van der Waals surface area contributed by atoms with E-state index in [0.717, 1.165) is 77.8 Å². The second-order valence-electron chi connectivity index (χ2n) is 12.0. The van der Waals surface area contributed by atoms with Gasteiger partial charge >= 0.3 is 12.0 Å². The molecule has 7 heteroatoms. The Kier molecular flexibility index (Phi) is 10.6. The Labute approximate surface area is 256 Å². The molecule has 2 amide bonds. The van der Waals surface area contributed by atoms with E-state index in [2.05, 4.69) is 54.1 Å². The average Bonchev–Trinajstić information content (AvgIpc) is 3.33. The number of nitrogens with one attached hydrogen (secondary N) is 1. The lowest BCUT2D eigenvalue weighted by Gasteiger charge is -2.22. The molecule has 1 N–H and O–H groups in total. The molecule has 0 unspecified atom stereocenters. The molecule has 43 heavy (non-hydrogen) atoms. The molecular weight excluding hydrogens is 536 g/mol. The molecule has 4 rings (SSSR count). The van der Waals surface area contributed by atoms with Crippen LogP contribution in [0.3, 0.4) is 0 Å². The number of carbonyl (C=O) groups excluding carboxylic acids is 2. The number of rotatable bonds is 12. The van der Waals surface area contributed by atoms with Crippen LogP contribution in [0.2, 0.25) is 0 Å². The van der Waals surface area contributed by atoms with Crippen molar-refractivity contribution in [3.63, 3.8) is 0 Å². The Morgan fingerprint density at radius 2 is 1.65 bits per heavy atom. The van der Waals surface area contributed by atoms with E-state index in [9.17, 15) is 9.59 Å². The van der Waals surface area contributed by atoms with E-state index in [4.69, 9.17) is 9.72 Å². The van der Waals surface area contributed by atoms with Crippen LogP contribution in [0, 0.1) is 0 Å². The van der Waals surface area contributed by atoms with Gasteiger partial charge in [-0.3, -0.25) is 4.90 Å². The van der Waals surface area contributed by atoms with Gasteiger partial charge in [0.25, 0.3) is 0 Å². The van der Waals surface area contributed by atoms with Crippen LogP contribution in [0.1, 0.15) is 88.5 Å². The molecule has 0 aliphatic rings. The van der Waals surface area contributed by atoms with Gasteiger partial charge in [-0.2, -0.15) is 0 Å². The molecule has 1 aromatic heterocycles. The number of esters is 1. The van der Waals surface area contributed by atoms with Crippen molar-refractivity contribution in [1.82, 2.24) is 14.9 Å². The average molecular weight is 583 g/mol. The zero-order chi connectivity index (χ0) is 31.0. The highest BCUT2D eigenvalue weighted by Crippen LogP contribution is 2.28. The number of hydrogen-bond donors (Lipinski definition) is 1. The number of nitrogens with zero attached hydrogens (tertiary/aromatic N) is 3. The van der Waals surface area contributed by atoms with E-state index in [1.165, 1.54) is 0 Å². The number of fused-ring (bicyclic) bond motifs is 1. The molecule has 0 aliphatic heterocycles. The van der Waals surface area contributed by atoms with Gasteiger partial charge in [0.05, 0.1) is 16.6 Å². The molecular formula is C36H46N4O3. The maximum Gasteiger partial charge on any atom is 0.339 e. The van der Waals surface area contributed by atoms with Crippen LogP contribution in [0.25, 0.3) is 22.2 Å². The summed E-state index contributed by atoms with van der Waals surface area (Å²) >= 11 is 0. The highest BCUT2D eigenvalue weighted by atomic mass is 16.6. The Bertz CT molecular complexity index is 1530. The highest BCUT2D eigenvalue weighted by molar-refractivity contribution is 5.97. The van der Waals surface area contributed by atoms with Crippen LogP contribution in [-0.4, -0.2) is 40.7 Å². The highest BCUT2D eigenvalue weighted by Gasteiger charge is 2.21. The molecule has 0 saturated carbocycles. The minimum Gasteiger partial charge on any atom is -0.456 e. The maximum atomic E-state index is 12.9. The largest absolute Gasteiger partial charge is 0.456 e. The molecule has 0 fully saturated rings. The SMILES string of the molecule is CCCCCN(C(=O)NC)c1ccc2c(c1)nc(CCCC)n2Cc1ccc(-c2ccccc2C(=O)OC(C)(C)C)cc1. The lowest BCUT2D eigenvalue weighted by atomic mass is 9.98. The Balaban J connectivity index is 1.64. The summed E-state index contributed by atoms with van der Waals surface area (Å²) in [6.07, 6.45) is 6.16. The zero-order valence-electron chi connectivity index (χ0n) is 26.6. The molecule has 0 bridgehead atoms. The van der Waals surface area contributed by atoms with E-state index >= 15 is 0 Å². The van der Waals surface area contributed by atoms with E-state index in [0.29, 0.717) is 18.7 Å². The van der Waals surface area contributed by atoms with Crippen LogP contribution in [0.15, 0.2) is 66.7 Å². The van der Waals surface area contributed by atoms with Crippen molar-refractivity contribution in [3.8, 4) is 11.1 Å². The Morgan fingerprint density at radius 3 is 2.33 bits per heavy atom. The van der Waals surface area contributed by atoms with Crippen molar-refractivity contribution < 1.29 is 14.3 Å². The molecule has 3 aromatic carbocycles. The summed E-state index contributed by atoms with van der Waals surface area (Å²) in [6.45, 7) is 11.3. The third-order valence-corrected chi connectivity index (χ3v) is 7.47. The van der Waals surface area contributed by atoms with E-state index < -0.39 is 5.60 Å². The quantitative estimate of drug-likeness (QED) is 0.134. The summed E-state index contributed by atoms with van der Waals surface area (Å²) in [5.41, 5.74) is 5.78. The lowest BCUT2D eigenvalue weighted by molar-refractivity contribution is 0.00704. The third kappa shape index (κ3) is 8.04. The summed E-state index contributed by atoms with van der Waals surface area (Å²) in [7, 11) is 1.67. The van der Waals surface area contributed by atoms with Crippen LogP contribution in [0.4, 0.5) is 10.5 Å². The van der Waals surface area contributed by atoms with E-state index in [-0.39, 0.29) is 12.0 Å². The first-order valence-corrected chi connectivity index (χ1v) is 15.5. The van der Waals surface area contributed by atoms with Crippen LogP contribution < -0.4 is 10.2 Å². The maximum absolute atomic E-state index is 12.9. The van der Waals surface area contributed by atoms with Gasteiger partial charge in [0, 0.05) is 32.2 Å². The summed E-state index contributed by atoms with van der Waals surface area (Å²) in [4.78, 5) is 32.5. The molecule has 4 aromatic rings. The first-order valence-electron chi connectivity index (χ1n) is 15.5. The smallest absolute Gasteiger partial charge is 0.339 e. The van der Waals surface area contributed by atoms with Crippen LogP contribution in [-0.2, 0) is 17.7 Å². The summed E-state index contributed by atoms with van der Waals surface area (Å²) in [5, 5.41) is 2.79. The number of aryl methyl sites for hydroxylation is 1. The Hall–Kier alpha value is -4.13. The number of unbranched alkanes of at least 4 members (excludes halogenated alkanes) is 3. The number of hydrogen-bond acceptors (Lipinski definition) is 4. The van der Waals surface area contributed by atoms with Crippen molar-refractivity contribution in [2.24, 2.45) is 0 Å². The third-order valence-electron chi connectivity index (χ3n) is 7.47. The molecule has 0 spiro atoms. The van der Waals surface area contributed by atoms with Gasteiger partial charge < -0.3 is 14.6 Å². The topological polar surface area (TPSA) is 76.5 Å². The van der Waals surface area contributed by atoms with Gasteiger partial charge in [-0.15, -0.1) is 0 Å². The Morgan fingerprint density at radius 1 is 0.930 bits per heavy atom. The van der Waals surface area contributed by atoms with Gasteiger partial charge in [0.2, 0.25) is 0 Å². The fourth-order valence-electron chi connectivity index (χ4n) is 5.26. The van der Waals surface area contributed by atoms with Crippen molar-refractivity contribution in [2.75, 3.05) is 18.5 Å². The molecule has 0 atom stereocenters. The number of carbonyl (C=O) groups is 2. The number of amides is 2. The second kappa shape index (κ2) is 14.4. The molecule has 0 radical (unpaired) electrons. The number of anilines is 1. The normalized spacial score (nSPS) is 11.5. The first kappa shape index (κ1) is 31.8. The minimum atomic E-state index is -0.562. The van der Waals surface area contributed by atoms with Gasteiger partial charge in [-0.25, -0.2) is 14.6 Å². The number of imidazole rings is 1. The molecule has 0 saturated heterocycles. The number of ether oxygens (including phenoxy) is 1. The van der Waals surface area contributed by atoms with Gasteiger partial charge in [0.1, 0.15) is 11.4 Å². The van der Waals surface area contributed by atoms with Gasteiger partial charge in [-0.1, -0.05) is 75.6 Å². The fourth-order valence-corrected chi connectivity index (χ4v) is 5.26. The zero-order valence-corrected chi connectivity index (χ0v) is 26.6. The predicted molar refractivity (Wildman–Crippen MR) is 176 cm³/mol. The van der Waals surface area contributed by atoms with Gasteiger partial charge in [0.15, 0.2) is 0 Å². The monoisotopic (exact) mass is 582 g/mol. The summed E-state index contributed by atoms with van der Waals surface area (Å²) < 4.78 is 7.95. The van der Waals surface area contributed by atoms with Crippen molar-refractivity contribution in [1.29, 1.82) is 0 Å². The standard InChI is InChI=1S/C36H46N4O3/c1-7-9-13-23-39(35(42)37-6)28-21-22-32-31(24-28)38-33(16-10-8-2)40(32)25-26-17-19-27(20-18-26)29-14-11-12-15-30(29)34(41)43-36(3,4)5/h11-12,14-15,17-22,24H,7-10,13,16,23,25H2,1-6H3,(H,37,42). The van der Waals surface area contributed by atoms with E-state index in [1.54, 1.807) is 7.05 Å². The number of benzene rings is 3. The van der Waals surface area contributed by atoms with E-state index in [1.807, 2.05) is 62.1 Å². The summed E-state index contributed by atoms with van der Waals surface area (Å²) in [6, 6.07) is 22.0. The first-order chi connectivity index (χ1) is 20.6. The van der Waals surface area contributed by atoms with Crippen molar-refractivity contribution in [2.45, 2.75) is 85.3 Å². The lowest BCUT2D eigenvalue weighted by Crippen LogP contribution is -2.38. The van der Waals surface area contributed by atoms with Gasteiger partial charge in [-0.05, 0) is 74.6 Å². The number of aromatic nitrogens is 2. The summed E-state index contributed by atoms with van der Waals surface area (Å²) in [5.74, 6) is 0.725. The molecule has 228 valence electrons. The molecule has 1 heterocycles. The second-order valence-corrected chi connectivity index (χ2v) is 12.0.